The fraction of sp³-hybridized carbons (Fsp3) is 0.579. The molecular formula is C19H27BrN2O2. The lowest BCUT2D eigenvalue weighted by atomic mass is 9.81. The monoisotopic (exact) mass is 394 g/mol. The fourth-order valence-corrected chi connectivity index (χ4v) is 3.29. The van der Waals surface area contributed by atoms with Gasteiger partial charge in [-0.2, -0.15) is 0 Å². The molecule has 1 aliphatic rings. The minimum absolute atomic E-state index is 0.00148. The lowest BCUT2D eigenvalue weighted by Crippen LogP contribution is -2.39. The Bertz CT molecular complexity index is 595. The highest BCUT2D eigenvalue weighted by Crippen LogP contribution is 2.30. The van der Waals surface area contributed by atoms with Gasteiger partial charge in [-0.05, 0) is 69.7 Å². The number of aryl methyl sites for hydroxylation is 1. The van der Waals surface area contributed by atoms with Gasteiger partial charge < -0.3 is 10.6 Å². The first-order chi connectivity index (χ1) is 11.4. The molecule has 5 heteroatoms. The summed E-state index contributed by atoms with van der Waals surface area (Å²) in [5.41, 5.74) is 1.93. The zero-order valence-electron chi connectivity index (χ0n) is 14.7. The Morgan fingerprint density at radius 2 is 1.75 bits per heavy atom. The average molecular weight is 395 g/mol. The van der Waals surface area contributed by atoms with Crippen LogP contribution in [0.4, 0.5) is 5.69 Å². The van der Waals surface area contributed by atoms with Crippen LogP contribution in [-0.2, 0) is 9.59 Å². The van der Waals surface area contributed by atoms with E-state index in [1.165, 1.54) is 0 Å². The third-order valence-electron chi connectivity index (χ3n) is 4.90. The van der Waals surface area contributed by atoms with Gasteiger partial charge >= 0.3 is 0 Å². The Labute approximate surface area is 152 Å². The number of hydrogen-bond donors (Lipinski definition) is 2. The number of hydrogen-bond acceptors (Lipinski definition) is 2. The van der Waals surface area contributed by atoms with Crippen LogP contribution in [-0.4, -0.2) is 17.9 Å². The Hall–Kier alpha value is -1.36. The number of carbonyl (C=O) groups excluding carboxylic acids is 2. The van der Waals surface area contributed by atoms with Crippen molar-refractivity contribution in [1.29, 1.82) is 0 Å². The van der Waals surface area contributed by atoms with Crippen molar-refractivity contribution >= 4 is 33.4 Å². The molecule has 0 saturated heterocycles. The second-order valence-corrected chi connectivity index (χ2v) is 7.67. The van der Waals surface area contributed by atoms with Crippen LogP contribution in [0.25, 0.3) is 0 Å². The van der Waals surface area contributed by atoms with Crippen molar-refractivity contribution in [3.05, 3.63) is 28.2 Å². The average Bonchev–Trinajstić information content (AvgIpc) is 2.58. The van der Waals surface area contributed by atoms with E-state index in [1.807, 2.05) is 32.0 Å². The molecule has 0 heterocycles. The van der Waals surface area contributed by atoms with Crippen LogP contribution in [0.15, 0.2) is 22.7 Å². The first-order valence-electron chi connectivity index (χ1n) is 8.78. The highest BCUT2D eigenvalue weighted by Gasteiger charge is 2.30. The van der Waals surface area contributed by atoms with E-state index in [1.54, 1.807) is 0 Å². The molecule has 1 aromatic carbocycles. The van der Waals surface area contributed by atoms with Gasteiger partial charge in [0.05, 0.1) is 0 Å². The molecule has 2 amide bonds. The van der Waals surface area contributed by atoms with Gasteiger partial charge in [0.15, 0.2) is 0 Å². The summed E-state index contributed by atoms with van der Waals surface area (Å²) in [7, 11) is 0. The van der Waals surface area contributed by atoms with Crippen LogP contribution < -0.4 is 10.6 Å². The van der Waals surface area contributed by atoms with E-state index in [-0.39, 0.29) is 29.7 Å². The lowest BCUT2D eigenvalue weighted by Gasteiger charge is -2.28. The van der Waals surface area contributed by atoms with Crippen molar-refractivity contribution in [2.75, 3.05) is 5.32 Å². The van der Waals surface area contributed by atoms with Gasteiger partial charge in [-0.15, -0.1) is 0 Å². The summed E-state index contributed by atoms with van der Waals surface area (Å²) < 4.78 is 1.04. The third-order valence-corrected chi connectivity index (χ3v) is 5.79. The van der Waals surface area contributed by atoms with Crippen LogP contribution in [0.3, 0.4) is 0 Å². The van der Waals surface area contributed by atoms with Crippen LogP contribution in [0.2, 0.25) is 0 Å². The molecule has 0 aliphatic heterocycles. The molecule has 4 nitrogen and oxygen atoms in total. The predicted octanol–water partition coefficient (Wildman–Crippen LogP) is 4.42. The van der Waals surface area contributed by atoms with E-state index < -0.39 is 0 Å². The maximum atomic E-state index is 12.4. The second-order valence-electron chi connectivity index (χ2n) is 6.82. The van der Waals surface area contributed by atoms with Crippen molar-refractivity contribution in [3.8, 4) is 0 Å². The Balaban J connectivity index is 1.84. The van der Waals surface area contributed by atoms with Crippen molar-refractivity contribution in [2.45, 2.75) is 58.9 Å². The highest BCUT2D eigenvalue weighted by molar-refractivity contribution is 9.10. The molecule has 1 saturated carbocycles. The van der Waals surface area contributed by atoms with Gasteiger partial charge in [-0.3, -0.25) is 9.59 Å². The van der Waals surface area contributed by atoms with E-state index in [0.717, 1.165) is 47.8 Å². The third kappa shape index (κ3) is 5.07. The fourth-order valence-electron chi connectivity index (χ4n) is 3.05. The van der Waals surface area contributed by atoms with Gasteiger partial charge in [-0.25, -0.2) is 0 Å². The standard InChI is InChI=1S/C19H27BrN2O2/c1-4-13(3)21-18(23)14-5-7-15(8-6-14)19(24)22-16-9-10-17(20)12(2)11-16/h9-11,13-15H,4-8H2,1-3H3,(H,21,23)(H,22,24). The van der Waals surface area contributed by atoms with Crippen LogP contribution in [0, 0.1) is 18.8 Å². The van der Waals surface area contributed by atoms with Crippen molar-refractivity contribution in [1.82, 2.24) is 5.32 Å². The number of carbonyl (C=O) groups is 2. The van der Waals surface area contributed by atoms with Crippen molar-refractivity contribution < 1.29 is 9.59 Å². The molecule has 0 bridgehead atoms. The summed E-state index contributed by atoms with van der Waals surface area (Å²) in [6.07, 6.45) is 4.08. The zero-order chi connectivity index (χ0) is 17.7. The number of rotatable bonds is 5. The Morgan fingerprint density at radius 3 is 2.29 bits per heavy atom. The molecule has 1 atom stereocenters. The van der Waals surface area contributed by atoms with E-state index >= 15 is 0 Å². The molecule has 1 fully saturated rings. The molecule has 0 aromatic heterocycles. The number of nitrogens with one attached hydrogen (secondary N) is 2. The molecule has 132 valence electrons. The molecular weight excluding hydrogens is 368 g/mol. The summed E-state index contributed by atoms with van der Waals surface area (Å²) >= 11 is 3.46. The molecule has 2 rings (SSSR count). The molecule has 2 N–H and O–H groups in total. The largest absolute Gasteiger partial charge is 0.353 e. The van der Waals surface area contributed by atoms with E-state index in [0.29, 0.717) is 0 Å². The summed E-state index contributed by atoms with van der Waals surface area (Å²) in [6, 6.07) is 6.04. The lowest BCUT2D eigenvalue weighted by molar-refractivity contribution is -0.129. The number of benzene rings is 1. The van der Waals surface area contributed by atoms with Gasteiger partial charge in [0.2, 0.25) is 11.8 Å². The summed E-state index contributed by atoms with van der Waals surface area (Å²) in [5.74, 6) is 0.267. The first kappa shape index (κ1) is 19.0. The predicted molar refractivity (Wildman–Crippen MR) is 101 cm³/mol. The quantitative estimate of drug-likeness (QED) is 0.776. The SMILES string of the molecule is CCC(C)NC(=O)C1CCC(C(=O)Nc2ccc(Br)c(C)c2)CC1. The maximum Gasteiger partial charge on any atom is 0.227 e. The molecule has 1 aliphatic carbocycles. The highest BCUT2D eigenvalue weighted by atomic mass is 79.9. The smallest absolute Gasteiger partial charge is 0.227 e. The van der Waals surface area contributed by atoms with Gasteiger partial charge in [0.25, 0.3) is 0 Å². The van der Waals surface area contributed by atoms with Gasteiger partial charge in [0, 0.05) is 28.0 Å². The van der Waals surface area contributed by atoms with Crippen LogP contribution in [0.1, 0.15) is 51.5 Å². The number of amides is 2. The van der Waals surface area contributed by atoms with E-state index in [9.17, 15) is 9.59 Å². The van der Waals surface area contributed by atoms with Crippen LogP contribution in [0.5, 0.6) is 0 Å². The summed E-state index contributed by atoms with van der Waals surface area (Å²) in [5, 5.41) is 6.06. The van der Waals surface area contributed by atoms with Gasteiger partial charge in [-0.1, -0.05) is 22.9 Å². The molecule has 1 unspecified atom stereocenters. The Kier molecular flexibility index (Phi) is 6.84. The number of anilines is 1. The summed E-state index contributed by atoms with van der Waals surface area (Å²) in [4.78, 5) is 24.6. The zero-order valence-corrected chi connectivity index (χ0v) is 16.3. The number of halogens is 1. The molecule has 0 spiro atoms. The topological polar surface area (TPSA) is 58.2 Å². The second kappa shape index (κ2) is 8.65. The van der Waals surface area contributed by atoms with Crippen molar-refractivity contribution in [2.24, 2.45) is 11.8 Å². The molecule has 1 aromatic rings. The summed E-state index contributed by atoms with van der Waals surface area (Å²) in [6.45, 7) is 6.09. The van der Waals surface area contributed by atoms with Crippen molar-refractivity contribution in [3.63, 3.8) is 0 Å². The minimum Gasteiger partial charge on any atom is -0.353 e. The van der Waals surface area contributed by atoms with E-state index in [4.69, 9.17) is 0 Å². The normalized spacial score (nSPS) is 21.8. The van der Waals surface area contributed by atoms with E-state index in [2.05, 4.69) is 33.5 Å². The Morgan fingerprint density at radius 1 is 1.17 bits per heavy atom. The first-order valence-corrected chi connectivity index (χ1v) is 9.57. The van der Waals surface area contributed by atoms with Crippen LogP contribution >= 0.6 is 15.9 Å². The molecule has 0 radical (unpaired) electrons. The minimum atomic E-state index is 0.00148. The molecule has 24 heavy (non-hydrogen) atoms. The van der Waals surface area contributed by atoms with Gasteiger partial charge in [0.1, 0.15) is 0 Å². The maximum absolute atomic E-state index is 12.4.